The van der Waals surface area contributed by atoms with Crippen LogP contribution in [0.1, 0.15) is 12.5 Å². The molecule has 0 fully saturated rings. The Bertz CT molecular complexity index is 289. The van der Waals surface area contributed by atoms with E-state index in [0.717, 1.165) is 12.0 Å². The number of hydrogen-bond donors (Lipinski definition) is 2. The Morgan fingerprint density at radius 2 is 1.85 bits per heavy atom. The molecule has 1 unspecified atom stereocenters. The lowest BCUT2D eigenvalue weighted by molar-refractivity contribution is 0.468. The average molecular weight is 309 g/mol. The SMILES string of the molecule is CC(N)Cc1cc(Br)c(O)c(Br)c1. The highest BCUT2D eigenvalue weighted by Gasteiger charge is 2.06. The Labute approximate surface area is 94.4 Å². The molecule has 0 aliphatic rings. The Kier molecular flexibility index (Phi) is 3.76. The molecule has 1 atom stereocenters. The van der Waals surface area contributed by atoms with Crippen molar-refractivity contribution >= 4 is 31.9 Å². The average Bonchev–Trinajstić information content (AvgIpc) is 1.98. The fourth-order valence-electron chi connectivity index (χ4n) is 1.11. The van der Waals surface area contributed by atoms with Gasteiger partial charge < -0.3 is 10.8 Å². The number of aromatic hydroxyl groups is 1. The zero-order valence-electron chi connectivity index (χ0n) is 7.22. The summed E-state index contributed by atoms with van der Waals surface area (Å²) in [5, 5.41) is 9.44. The number of nitrogens with two attached hydrogens (primary N) is 1. The molecular formula is C9H11Br2NO. The largest absolute Gasteiger partial charge is 0.506 e. The molecule has 4 heteroatoms. The number of halogens is 2. The third kappa shape index (κ3) is 2.97. The minimum atomic E-state index is 0.128. The molecule has 1 rings (SSSR count). The Hall–Kier alpha value is -0.0600. The highest BCUT2D eigenvalue weighted by molar-refractivity contribution is 9.11. The van der Waals surface area contributed by atoms with Crippen molar-refractivity contribution in [2.45, 2.75) is 19.4 Å². The van der Waals surface area contributed by atoms with Gasteiger partial charge in [-0.2, -0.15) is 0 Å². The Balaban J connectivity index is 2.99. The van der Waals surface area contributed by atoms with Crippen molar-refractivity contribution in [1.82, 2.24) is 0 Å². The van der Waals surface area contributed by atoms with Gasteiger partial charge in [-0.05, 0) is 62.9 Å². The Morgan fingerprint density at radius 3 is 2.23 bits per heavy atom. The fraction of sp³-hybridized carbons (Fsp3) is 0.333. The summed E-state index contributed by atoms with van der Waals surface area (Å²) in [5.74, 6) is 0.230. The summed E-state index contributed by atoms with van der Waals surface area (Å²) in [4.78, 5) is 0. The second-order valence-corrected chi connectivity index (χ2v) is 4.80. The van der Waals surface area contributed by atoms with E-state index >= 15 is 0 Å². The maximum absolute atomic E-state index is 9.44. The van der Waals surface area contributed by atoms with E-state index in [1.165, 1.54) is 0 Å². The lowest BCUT2D eigenvalue weighted by Gasteiger charge is -2.08. The van der Waals surface area contributed by atoms with Gasteiger partial charge in [0.2, 0.25) is 0 Å². The maximum Gasteiger partial charge on any atom is 0.143 e. The molecule has 0 saturated carbocycles. The van der Waals surface area contributed by atoms with Crippen molar-refractivity contribution < 1.29 is 5.11 Å². The van der Waals surface area contributed by atoms with Crippen molar-refractivity contribution in [2.24, 2.45) is 5.73 Å². The smallest absolute Gasteiger partial charge is 0.143 e. The van der Waals surface area contributed by atoms with Crippen molar-refractivity contribution in [1.29, 1.82) is 0 Å². The molecule has 0 bridgehead atoms. The summed E-state index contributed by atoms with van der Waals surface area (Å²) in [6, 6.07) is 3.88. The van der Waals surface area contributed by atoms with E-state index in [-0.39, 0.29) is 11.8 Å². The van der Waals surface area contributed by atoms with E-state index in [1.54, 1.807) is 0 Å². The van der Waals surface area contributed by atoms with Crippen LogP contribution < -0.4 is 5.73 Å². The molecule has 0 radical (unpaired) electrons. The van der Waals surface area contributed by atoms with E-state index in [9.17, 15) is 5.11 Å². The minimum absolute atomic E-state index is 0.128. The van der Waals surface area contributed by atoms with Gasteiger partial charge in [0, 0.05) is 6.04 Å². The molecule has 3 N–H and O–H groups in total. The van der Waals surface area contributed by atoms with Crippen LogP contribution in [0, 0.1) is 0 Å². The quantitative estimate of drug-likeness (QED) is 0.882. The molecule has 0 aliphatic carbocycles. The zero-order chi connectivity index (χ0) is 10.0. The normalized spacial score (nSPS) is 12.9. The van der Waals surface area contributed by atoms with E-state index in [1.807, 2.05) is 19.1 Å². The van der Waals surface area contributed by atoms with Crippen LogP contribution in [0.15, 0.2) is 21.1 Å². The summed E-state index contributed by atoms with van der Waals surface area (Å²) < 4.78 is 1.38. The van der Waals surface area contributed by atoms with Gasteiger partial charge in [0.15, 0.2) is 0 Å². The molecule has 72 valence electrons. The lowest BCUT2D eigenvalue weighted by atomic mass is 10.1. The lowest BCUT2D eigenvalue weighted by Crippen LogP contribution is -2.17. The predicted molar refractivity (Wildman–Crippen MR) is 60.9 cm³/mol. The van der Waals surface area contributed by atoms with Gasteiger partial charge in [-0.25, -0.2) is 0 Å². The van der Waals surface area contributed by atoms with E-state index < -0.39 is 0 Å². The van der Waals surface area contributed by atoms with Crippen molar-refractivity contribution in [3.05, 3.63) is 26.6 Å². The summed E-state index contributed by atoms with van der Waals surface area (Å²) >= 11 is 6.53. The predicted octanol–water partition coefficient (Wildman–Crippen LogP) is 2.81. The number of rotatable bonds is 2. The van der Waals surface area contributed by atoms with Gasteiger partial charge in [0.25, 0.3) is 0 Å². The molecule has 1 aromatic carbocycles. The third-order valence-electron chi connectivity index (χ3n) is 1.63. The van der Waals surface area contributed by atoms with Crippen LogP contribution in [0.4, 0.5) is 0 Å². The molecule has 0 aromatic heterocycles. The third-order valence-corrected chi connectivity index (χ3v) is 2.84. The Morgan fingerprint density at radius 1 is 1.38 bits per heavy atom. The second kappa shape index (κ2) is 4.44. The van der Waals surface area contributed by atoms with Crippen LogP contribution in [0.2, 0.25) is 0 Å². The van der Waals surface area contributed by atoms with Gasteiger partial charge in [0.05, 0.1) is 8.95 Å². The van der Waals surface area contributed by atoms with Crippen LogP contribution in [0.3, 0.4) is 0 Å². The zero-order valence-corrected chi connectivity index (χ0v) is 10.4. The van der Waals surface area contributed by atoms with E-state index in [2.05, 4.69) is 31.9 Å². The van der Waals surface area contributed by atoms with E-state index in [0.29, 0.717) is 8.95 Å². The molecule has 1 aromatic rings. The first kappa shape index (κ1) is 11.0. The van der Waals surface area contributed by atoms with Crippen LogP contribution in [-0.2, 0) is 6.42 Å². The van der Waals surface area contributed by atoms with Crippen LogP contribution >= 0.6 is 31.9 Å². The van der Waals surface area contributed by atoms with Crippen LogP contribution in [0.5, 0.6) is 5.75 Å². The van der Waals surface area contributed by atoms with E-state index in [4.69, 9.17) is 5.73 Å². The summed E-state index contributed by atoms with van der Waals surface area (Å²) in [6.45, 7) is 1.95. The first-order valence-corrected chi connectivity index (χ1v) is 5.51. The molecule has 0 saturated heterocycles. The van der Waals surface area contributed by atoms with Crippen molar-refractivity contribution in [3.63, 3.8) is 0 Å². The number of phenols is 1. The monoisotopic (exact) mass is 307 g/mol. The van der Waals surface area contributed by atoms with Gasteiger partial charge in [-0.1, -0.05) is 0 Å². The molecule has 0 aliphatic heterocycles. The summed E-state index contributed by atoms with van der Waals surface area (Å²) in [6.07, 6.45) is 0.803. The first-order valence-electron chi connectivity index (χ1n) is 3.93. The molecule has 0 spiro atoms. The van der Waals surface area contributed by atoms with Gasteiger partial charge in [-0.3, -0.25) is 0 Å². The minimum Gasteiger partial charge on any atom is -0.506 e. The van der Waals surface area contributed by atoms with Crippen LogP contribution in [0.25, 0.3) is 0 Å². The molecular weight excluding hydrogens is 298 g/mol. The molecule has 0 heterocycles. The summed E-state index contributed by atoms with van der Waals surface area (Å²) in [5.41, 5.74) is 6.77. The fourth-order valence-corrected chi connectivity index (χ4v) is 2.39. The van der Waals surface area contributed by atoms with Gasteiger partial charge in [0.1, 0.15) is 5.75 Å². The summed E-state index contributed by atoms with van der Waals surface area (Å²) in [7, 11) is 0. The standard InChI is InChI=1S/C9H11Br2NO/c1-5(12)2-6-3-7(10)9(13)8(11)4-6/h3-5,13H,2,12H2,1H3. The first-order chi connectivity index (χ1) is 6.00. The van der Waals surface area contributed by atoms with Crippen molar-refractivity contribution in [3.8, 4) is 5.75 Å². The highest BCUT2D eigenvalue weighted by atomic mass is 79.9. The van der Waals surface area contributed by atoms with Gasteiger partial charge >= 0.3 is 0 Å². The highest BCUT2D eigenvalue weighted by Crippen LogP contribution is 2.33. The van der Waals surface area contributed by atoms with Crippen molar-refractivity contribution in [2.75, 3.05) is 0 Å². The number of benzene rings is 1. The van der Waals surface area contributed by atoms with Gasteiger partial charge in [-0.15, -0.1) is 0 Å². The number of hydrogen-bond acceptors (Lipinski definition) is 2. The number of phenolic OH excluding ortho intramolecular Hbond substituents is 1. The second-order valence-electron chi connectivity index (χ2n) is 3.09. The maximum atomic E-state index is 9.44. The topological polar surface area (TPSA) is 46.2 Å². The molecule has 0 amide bonds. The molecule has 2 nitrogen and oxygen atoms in total. The van der Waals surface area contributed by atoms with Crippen LogP contribution in [-0.4, -0.2) is 11.1 Å². The molecule has 13 heavy (non-hydrogen) atoms.